The van der Waals surface area contributed by atoms with Crippen molar-refractivity contribution in [3.05, 3.63) is 20.0 Å². The molecule has 0 nitrogen and oxygen atoms in total. The molecule has 0 fully saturated rings. The minimum absolute atomic E-state index is 0. The second-order valence-electron chi connectivity index (χ2n) is 3.88. The van der Waals surface area contributed by atoms with Crippen LogP contribution in [0.25, 0.3) is 0 Å². The van der Waals surface area contributed by atoms with Gasteiger partial charge < -0.3 is 37.2 Å². The van der Waals surface area contributed by atoms with Gasteiger partial charge in [0, 0.05) is 0 Å². The fourth-order valence-electron chi connectivity index (χ4n) is 1.59. The van der Waals surface area contributed by atoms with Gasteiger partial charge in [0.1, 0.15) is 0 Å². The fourth-order valence-corrected chi connectivity index (χ4v) is 2.94. The normalized spacial score (nSPS) is 18.5. The van der Waals surface area contributed by atoms with Crippen LogP contribution in [0.3, 0.4) is 0 Å². The Labute approximate surface area is 121 Å². The third-order valence-electron chi connectivity index (χ3n) is 3.06. The maximum atomic E-state index is 2.34. The van der Waals surface area contributed by atoms with E-state index >= 15 is 0 Å². The van der Waals surface area contributed by atoms with E-state index in [-0.39, 0.29) is 37.2 Å². The number of hydrogen-bond donors (Lipinski definition) is 0. The summed E-state index contributed by atoms with van der Waals surface area (Å²) in [5.74, 6) is 0. The first-order valence-corrected chi connectivity index (χ1v) is 5.80. The molecule has 0 radical (unpaired) electrons. The van der Waals surface area contributed by atoms with E-state index in [0.29, 0.717) is 5.41 Å². The fraction of sp³-hybridized carbons (Fsp3) is 0.600. The maximum absolute atomic E-state index is 2.34. The third-order valence-corrected chi connectivity index (χ3v) is 6.66. The number of rotatable bonds is 0. The van der Waals surface area contributed by atoms with Gasteiger partial charge in [-0.1, -0.05) is 0 Å². The Morgan fingerprint density at radius 1 is 0.857 bits per heavy atom. The van der Waals surface area contributed by atoms with Crippen molar-refractivity contribution in [2.75, 3.05) is 0 Å². The Morgan fingerprint density at radius 2 is 1.21 bits per heavy atom. The predicted octanol–water partition coefficient (Wildman–Crippen LogP) is -5.80. The van der Waals surface area contributed by atoms with Gasteiger partial charge in [0.2, 0.25) is 0 Å². The summed E-state index contributed by atoms with van der Waals surface area (Å²) in [6, 6.07) is 0. The Kier molecular flexibility index (Phi) is 9.90. The molecule has 0 amide bonds. The van der Waals surface area contributed by atoms with Crippen LogP contribution in [0.1, 0.15) is 34.6 Å². The van der Waals surface area contributed by atoms with Gasteiger partial charge in [0.05, 0.1) is 0 Å². The van der Waals surface area contributed by atoms with Gasteiger partial charge in [-0.15, -0.1) is 0 Å². The van der Waals surface area contributed by atoms with Crippen LogP contribution in [-0.4, -0.2) is 0 Å². The molecular weight excluding hydrogens is 405 g/mol. The quantitative estimate of drug-likeness (QED) is 0.343. The number of hydrogen-bond acceptors (Lipinski definition) is 0. The Hall–Kier alpha value is 1.22. The molecule has 1 aliphatic rings. The largest absolute Gasteiger partial charge is 1.00 e. The standard InChI is InChI=1S/C10H15.3ClH.Hf/c1-7-6-10(4,5)9(3)8(7)2;;;;/h1-5H3;3*1H;/q;;;;+3/p-3. The molecule has 4 heteroatoms. The average Bonchev–Trinajstić information content (AvgIpc) is 2.06. The minimum atomic E-state index is 0. The molecule has 80 valence electrons. The molecule has 0 spiro atoms. The zero-order chi connectivity index (χ0) is 8.81. The SMILES string of the molecule is CC1=C(C)C(C)(C)[C]([Hf+3])=C1C.[Cl-].[Cl-].[Cl-]. The topological polar surface area (TPSA) is 0 Å². The van der Waals surface area contributed by atoms with Crippen LogP contribution in [0.5, 0.6) is 0 Å². The Bertz CT molecular complexity index is 239. The van der Waals surface area contributed by atoms with E-state index in [4.69, 9.17) is 0 Å². The number of halogens is 3. The van der Waals surface area contributed by atoms with Gasteiger partial charge in [0.25, 0.3) is 0 Å². The molecule has 0 bridgehead atoms. The van der Waals surface area contributed by atoms with Crippen LogP contribution in [0.4, 0.5) is 0 Å². The van der Waals surface area contributed by atoms with Crippen molar-refractivity contribution < 1.29 is 61.6 Å². The predicted molar refractivity (Wildman–Crippen MR) is 44.9 cm³/mol. The van der Waals surface area contributed by atoms with Gasteiger partial charge in [-0.05, 0) is 0 Å². The van der Waals surface area contributed by atoms with Crippen molar-refractivity contribution in [3.8, 4) is 0 Å². The van der Waals surface area contributed by atoms with Crippen LogP contribution < -0.4 is 37.2 Å². The summed E-state index contributed by atoms with van der Waals surface area (Å²) >= 11 is 1.21. The first kappa shape index (κ1) is 20.6. The van der Waals surface area contributed by atoms with Crippen molar-refractivity contribution in [2.24, 2.45) is 5.41 Å². The van der Waals surface area contributed by atoms with E-state index in [1.807, 2.05) is 0 Å². The second-order valence-corrected chi connectivity index (χ2v) is 5.67. The first-order valence-electron chi connectivity index (χ1n) is 4.00. The van der Waals surface area contributed by atoms with E-state index in [2.05, 4.69) is 34.6 Å². The van der Waals surface area contributed by atoms with E-state index in [9.17, 15) is 0 Å². The third kappa shape index (κ3) is 3.10. The first-order chi connectivity index (χ1) is 4.89. The molecule has 0 N–H and O–H groups in total. The van der Waals surface area contributed by atoms with Gasteiger partial charge >= 0.3 is 84.5 Å². The summed E-state index contributed by atoms with van der Waals surface area (Å²) in [6.07, 6.45) is 0. The molecule has 0 aromatic carbocycles. The summed E-state index contributed by atoms with van der Waals surface area (Å²) in [5.41, 5.74) is 5.03. The van der Waals surface area contributed by atoms with E-state index in [1.165, 1.54) is 29.9 Å². The molecule has 0 aromatic rings. The number of allylic oxidation sites excluding steroid dienone is 4. The zero-order valence-electron chi connectivity index (χ0n) is 9.13. The van der Waals surface area contributed by atoms with Crippen LogP contribution >= 0.6 is 0 Å². The van der Waals surface area contributed by atoms with Crippen LogP contribution in [0.2, 0.25) is 0 Å². The zero-order valence-corrected chi connectivity index (χ0v) is 15.0. The van der Waals surface area contributed by atoms with Crippen LogP contribution in [0, 0.1) is 5.41 Å². The summed E-state index contributed by atoms with van der Waals surface area (Å²) in [5, 5.41) is 0. The van der Waals surface area contributed by atoms with Gasteiger partial charge in [-0.2, -0.15) is 0 Å². The van der Waals surface area contributed by atoms with Gasteiger partial charge in [-0.25, -0.2) is 0 Å². The van der Waals surface area contributed by atoms with Crippen LogP contribution in [0.15, 0.2) is 20.0 Å². The summed E-state index contributed by atoms with van der Waals surface area (Å²) in [7, 11) is 0. The van der Waals surface area contributed by atoms with Crippen molar-refractivity contribution >= 4 is 0 Å². The molecular formula is C10H15Cl3Hf. The molecule has 0 aliphatic heterocycles. The van der Waals surface area contributed by atoms with Gasteiger partial charge in [0.15, 0.2) is 0 Å². The molecule has 0 saturated carbocycles. The van der Waals surface area contributed by atoms with Crippen molar-refractivity contribution in [1.29, 1.82) is 0 Å². The molecule has 0 aromatic heterocycles. The molecule has 1 rings (SSSR count). The van der Waals surface area contributed by atoms with Crippen molar-refractivity contribution in [3.63, 3.8) is 0 Å². The Balaban J connectivity index is -0.000000403. The van der Waals surface area contributed by atoms with Crippen LogP contribution in [-0.2, 0) is 24.4 Å². The van der Waals surface area contributed by atoms with E-state index < -0.39 is 0 Å². The van der Waals surface area contributed by atoms with Gasteiger partial charge in [-0.3, -0.25) is 0 Å². The average molecular weight is 420 g/mol. The summed E-state index contributed by atoms with van der Waals surface area (Å²) in [4.78, 5) is 0. The molecule has 14 heavy (non-hydrogen) atoms. The second kappa shape index (κ2) is 6.73. The molecule has 0 unspecified atom stereocenters. The smallest absolute Gasteiger partial charge is 1.00 e. The minimum Gasteiger partial charge on any atom is -1.00 e. The molecule has 1 aliphatic carbocycles. The summed E-state index contributed by atoms with van der Waals surface area (Å²) in [6.45, 7) is 11.5. The molecule has 0 heterocycles. The van der Waals surface area contributed by atoms with E-state index in [0.717, 1.165) is 0 Å². The molecule has 0 saturated heterocycles. The van der Waals surface area contributed by atoms with Crippen molar-refractivity contribution in [1.82, 2.24) is 0 Å². The monoisotopic (exact) mass is 420 g/mol. The Morgan fingerprint density at radius 3 is 1.29 bits per heavy atom. The summed E-state index contributed by atoms with van der Waals surface area (Å²) < 4.78 is 1.67. The maximum Gasteiger partial charge on any atom is -1.00 e. The van der Waals surface area contributed by atoms with E-state index in [1.54, 1.807) is 14.5 Å². The van der Waals surface area contributed by atoms with Crippen molar-refractivity contribution in [2.45, 2.75) is 34.6 Å². The molecule has 0 atom stereocenters.